The summed E-state index contributed by atoms with van der Waals surface area (Å²) in [6.45, 7) is 5.95. The Kier molecular flexibility index (Phi) is 5.79. The Balaban J connectivity index is 1.92. The minimum Gasteiger partial charge on any atom is -0.494 e. The zero-order valence-electron chi connectivity index (χ0n) is 16.9. The van der Waals surface area contributed by atoms with E-state index in [-0.39, 0.29) is 16.6 Å². The molecule has 152 valence electrons. The Hall–Kier alpha value is -2.12. The van der Waals surface area contributed by atoms with Gasteiger partial charge in [0.1, 0.15) is 16.4 Å². The molecule has 0 aliphatic heterocycles. The van der Waals surface area contributed by atoms with Crippen LogP contribution in [0.4, 0.5) is 0 Å². The highest BCUT2D eigenvalue weighted by atomic mass is 32.2. The molecular weight excluding hydrogens is 404 g/mol. The van der Waals surface area contributed by atoms with Crippen LogP contribution in [0.1, 0.15) is 44.1 Å². The van der Waals surface area contributed by atoms with Gasteiger partial charge in [0.15, 0.2) is 5.16 Å². The number of thioether (sulfide) groups is 1. The Labute approximate surface area is 178 Å². The molecule has 1 atom stereocenters. The van der Waals surface area contributed by atoms with Gasteiger partial charge in [0.05, 0.1) is 22.9 Å². The van der Waals surface area contributed by atoms with E-state index in [1.165, 1.54) is 22.2 Å². The molecule has 0 fully saturated rings. The summed E-state index contributed by atoms with van der Waals surface area (Å²) in [6.07, 6.45) is 4.23. The Morgan fingerprint density at radius 3 is 2.69 bits per heavy atom. The van der Waals surface area contributed by atoms with Crippen molar-refractivity contribution in [3.8, 4) is 11.4 Å². The van der Waals surface area contributed by atoms with Gasteiger partial charge in [0.25, 0.3) is 5.56 Å². The lowest BCUT2D eigenvalue weighted by Crippen LogP contribution is -2.23. The van der Waals surface area contributed by atoms with Gasteiger partial charge in [-0.15, -0.1) is 11.3 Å². The first-order valence-corrected chi connectivity index (χ1v) is 11.7. The van der Waals surface area contributed by atoms with Crippen LogP contribution in [0.3, 0.4) is 0 Å². The Morgan fingerprint density at radius 2 is 2.00 bits per heavy atom. The third-order valence-corrected chi connectivity index (χ3v) is 7.57. The molecule has 0 saturated heterocycles. The van der Waals surface area contributed by atoms with Gasteiger partial charge in [0, 0.05) is 4.88 Å². The number of ether oxygens (including phenoxy) is 1. The lowest BCUT2D eigenvalue weighted by Gasteiger charge is -2.15. The molecule has 1 aliphatic carbocycles. The van der Waals surface area contributed by atoms with Crippen molar-refractivity contribution >= 4 is 39.1 Å². The molecule has 2 aromatic heterocycles. The molecule has 0 radical (unpaired) electrons. The number of rotatable bonds is 6. The monoisotopic (exact) mass is 428 g/mol. The van der Waals surface area contributed by atoms with Crippen molar-refractivity contribution in [2.45, 2.75) is 56.9 Å². The quantitative estimate of drug-likeness (QED) is 0.417. The number of Topliss-reactive ketones (excluding diaryl/α,β-unsaturated/α-hetero) is 1. The van der Waals surface area contributed by atoms with E-state index in [0.29, 0.717) is 11.8 Å². The second kappa shape index (κ2) is 8.32. The van der Waals surface area contributed by atoms with E-state index in [2.05, 4.69) is 0 Å². The number of carbonyl (C=O) groups excluding carboxylic acids is 1. The summed E-state index contributed by atoms with van der Waals surface area (Å²) in [5.74, 6) is 0.825. The predicted molar refractivity (Wildman–Crippen MR) is 119 cm³/mol. The second-order valence-electron chi connectivity index (χ2n) is 7.22. The van der Waals surface area contributed by atoms with Crippen molar-refractivity contribution in [2.75, 3.05) is 6.61 Å². The van der Waals surface area contributed by atoms with Crippen LogP contribution in [-0.2, 0) is 17.6 Å². The Morgan fingerprint density at radius 1 is 1.28 bits per heavy atom. The van der Waals surface area contributed by atoms with Gasteiger partial charge in [-0.1, -0.05) is 11.8 Å². The maximum absolute atomic E-state index is 13.6. The number of thiophene rings is 1. The zero-order valence-corrected chi connectivity index (χ0v) is 18.5. The van der Waals surface area contributed by atoms with E-state index >= 15 is 0 Å². The lowest BCUT2D eigenvalue weighted by atomic mass is 9.97. The average Bonchev–Trinajstić information content (AvgIpc) is 3.08. The standard InChI is InChI=1S/C22H24N2O3S2/c1-4-27-16-11-9-15(10-12-16)24-21(26)19-17-7-5-6-8-18(17)29-20(19)23-22(24)28-14(3)13(2)25/h9-12,14H,4-8H2,1-3H3. The molecule has 1 unspecified atom stereocenters. The van der Waals surface area contributed by atoms with Crippen LogP contribution in [0.2, 0.25) is 0 Å². The van der Waals surface area contributed by atoms with E-state index < -0.39 is 0 Å². The number of ketones is 1. The summed E-state index contributed by atoms with van der Waals surface area (Å²) >= 11 is 2.97. The van der Waals surface area contributed by atoms with Crippen molar-refractivity contribution in [1.82, 2.24) is 9.55 Å². The number of benzene rings is 1. The van der Waals surface area contributed by atoms with Crippen LogP contribution in [-0.4, -0.2) is 27.2 Å². The highest BCUT2D eigenvalue weighted by Gasteiger charge is 2.24. The molecule has 4 rings (SSSR count). The summed E-state index contributed by atoms with van der Waals surface area (Å²) in [4.78, 5) is 32.5. The fraction of sp³-hybridized carbons (Fsp3) is 0.409. The largest absolute Gasteiger partial charge is 0.494 e. The number of aromatic nitrogens is 2. The van der Waals surface area contributed by atoms with Crippen molar-refractivity contribution in [3.63, 3.8) is 0 Å². The smallest absolute Gasteiger partial charge is 0.267 e. The SMILES string of the molecule is CCOc1ccc(-n2c(SC(C)C(C)=O)nc3sc4c(c3c2=O)CCCC4)cc1. The highest BCUT2D eigenvalue weighted by Crippen LogP contribution is 2.36. The highest BCUT2D eigenvalue weighted by molar-refractivity contribution is 8.00. The van der Waals surface area contributed by atoms with Gasteiger partial charge in [-0.2, -0.15) is 0 Å². The third kappa shape index (κ3) is 3.85. The molecule has 1 aliphatic rings. The van der Waals surface area contributed by atoms with Crippen LogP contribution in [0.15, 0.2) is 34.2 Å². The van der Waals surface area contributed by atoms with Crippen molar-refractivity contribution in [3.05, 3.63) is 45.1 Å². The molecule has 29 heavy (non-hydrogen) atoms. The van der Waals surface area contributed by atoms with Gasteiger partial charge in [-0.05, 0) is 76.3 Å². The fourth-order valence-electron chi connectivity index (χ4n) is 3.59. The normalized spacial score (nSPS) is 14.6. The first-order valence-electron chi connectivity index (χ1n) is 9.97. The van der Waals surface area contributed by atoms with Gasteiger partial charge in [-0.3, -0.25) is 14.2 Å². The number of nitrogens with zero attached hydrogens (tertiary/aromatic N) is 2. The minimum atomic E-state index is -0.275. The van der Waals surface area contributed by atoms with E-state index in [9.17, 15) is 9.59 Å². The lowest BCUT2D eigenvalue weighted by molar-refractivity contribution is -0.116. The molecule has 0 spiro atoms. The molecular formula is C22H24N2O3S2. The van der Waals surface area contributed by atoms with Crippen LogP contribution in [0.5, 0.6) is 5.75 Å². The molecule has 0 N–H and O–H groups in total. The van der Waals surface area contributed by atoms with Crippen LogP contribution < -0.4 is 10.3 Å². The molecule has 2 heterocycles. The molecule has 3 aromatic rings. The van der Waals surface area contributed by atoms with Crippen LogP contribution >= 0.6 is 23.1 Å². The molecule has 0 bridgehead atoms. The van der Waals surface area contributed by atoms with Gasteiger partial charge in [0.2, 0.25) is 0 Å². The number of hydrogen-bond acceptors (Lipinski definition) is 6. The topological polar surface area (TPSA) is 61.2 Å². The fourth-order valence-corrected chi connectivity index (χ4v) is 5.82. The molecule has 7 heteroatoms. The summed E-state index contributed by atoms with van der Waals surface area (Å²) in [7, 11) is 0. The zero-order chi connectivity index (χ0) is 20.5. The van der Waals surface area contributed by atoms with Crippen molar-refractivity contribution < 1.29 is 9.53 Å². The van der Waals surface area contributed by atoms with E-state index in [1.54, 1.807) is 22.8 Å². The maximum Gasteiger partial charge on any atom is 0.267 e. The summed E-state index contributed by atoms with van der Waals surface area (Å²) in [5.41, 5.74) is 1.86. The third-order valence-electron chi connectivity index (χ3n) is 5.22. The second-order valence-corrected chi connectivity index (χ2v) is 9.62. The Bertz CT molecular complexity index is 1120. The van der Waals surface area contributed by atoms with E-state index in [0.717, 1.165) is 47.3 Å². The first kappa shape index (κ1) is 20.2. The summed E-state index contributed by atoms with van der Waals surface area (Å²) in [5, 5.41) is 1.04. The van der Waals surface area contributed by atoms with Gasteiger partial charge < -0.3 is 4.74 Å². The predicted octanol–water partition coefficient (Wildman–Crippen LogP) is 4.79. The molecule has 5 nitrogen and oxygen atoms in total. The number of hydrogen-bond donors (Lipinski definition) is 0. The van der Waals surface area contributed by atoms with Crippen LogP contribution in [0, 0.1) is 0 Å². The van der Waals surface area contributed by atoms with E-state index in [1.807, 2.05) is 38.1 Å². The number of aryl methyl sites for hydroxylation is 2. The summed E-state index contributed by atoms with van der Waals surface area (Å²) in [6, 6.07) is 7.48. The maximum atomic E-state index is 13.6. The average molecular weight is 429 g/mol. The first-order chi connectivity index (χ1) is 14.0. The van der Waals surface area contributed by atoms with Gasteiger partial charge >= 0.3 is 0 Å². The van der Waals surface area contributed by atoms with Crippen molar-refractivity contribution in [1.29, 1.82) is 0 Å². The number of fused-ring (bicyclic) bond motifs is 3. The molecule has 0 amide bonds. The minimum absolute atomic E-state index is 0.0446. The van der Waals surface area contributed by atoms with Gasteiger partial charge in [-0.25, -0.2) is 4.98 Å². The summed E-state index contributed by atoms with van der Waals surface area (Å²) < 4.78 is 7.19. The van der Waals surface area contributed by atoms with Crippen molar-refractivity contribution in [2.24, 2.45) is 0 Å². The number of carbonyl (C=O) groups is 1. The van der Waals surface area contributed by atoms with E-state index in [4.69, 9.17) is 9.72 Å². The van der Waals surface area contributed by atoms with Crippen LogP contribution in [0.25, 0.3) is 15.9 Å². The molecule has 0 saturated carbocycles. The molecule has 1 aromatic carbocycles.